The zero-order chi connectivity index (χ0) is 30.2. The van der Waals surface area contributed by atoms with Gasteiger partial charge in [0, 0.05) is 30.1 Å². The van der Waals surface area contributed by atoms with Crippen LogP contribution in [0, 0.1) is 5.82 Å². The van der Waals surface area contributed by atoms with Crippen molar-refractivity contribution in [1.29, 1.82) is 0 Å². The molecule has 9 nitrogen and oxygen atoms in total. The zero-order valence-electron chi connectivity index (χ0n) is 24.3. The number of aliphatic imine (C=N–C) groups is 2. The predicted molar refractivity (Wildman–Crippen MR) is 165 cm³/mol. The van der Waals surface area contributed by atoms with Crippen LogP contribution < -0.4 is 5.73 Å². The fourth-order valence-electron chi connectivity index (χ4n) is 5.12. The first-order valence-electron chi connectivity index (χ1n) is 14.3. The highest BCUT2D eigenvalue weighted by molar-refractivity contribution is 6.03. The van der Waals surface area contributed by atoms with Crippen LogP contribution in [0.2, 0.25) is 0 Å². The topological polar surface area (TPSA) is 107 Å². The van der Waals surface area contributed by atoms with E-state index in [2.05, 4.69) is 28.5 Å². The number of nitrogens with zero attached hydrogens (tertiary/aromatic N) is 7. The summed E-state index contributed by atoms with van der Waals surface area (Å²) in [6.07, 6.45) is 11.4. The summed E-state index contributed by atoms with van der Waals surface area (Å²) in [5.74, 6) is 0.589. The molecule has 1 aromatic carbocycles. The minimum Gasteiger partial charge on any atom is -0.477 e. The molecule has 2 aliphatic heterocycles. The van der Waals surface area contributed by atoms with Crippen LogP contribution in [0.4, 0.5) is 14.6 Å². The van der Waals surface area contributed by atoms with Gasteiger partial charge in [0.1, 0.15) is 41.4 Å². The first kappa shape index (κ1) is 28.2. The highest BCUT2D eigenvalue weighted by atomic mass is 19.1. The second-order valence-electron chi connectivity index (χ2n) is 10.7. The van der Waals surface area contributed by atoms with Gasteiger partial charge in [0.25, 0.3) is 0 Å². The van der Waals surface area contributed by atoms with E-state index in [0.717, 1.165) is 31.3 Å². The highest BCUT2D eigenvalue weighted by Crippen LogP contribution is 2.41. The van der Waals surface area contributed by atoms with Crippen molar-refractivity contribution in [3.05, 3.63) is 96.0 Å². The van der Waals surface area contributed by atoms with E-state index in [-0.39, 0.29) is 11.9 Å². The minimum atomic E-state index is -0.524. The Bertz CT molecular complexity index is 1810. The molecule has 6 rings (SSSR count). The largest absolute Gasteiger partial charge is 0.477 e. The fraction of sp³-hybridized carbons (Fsp3) is 0.281. The van der Waals surface area contributed by atoms with Crippen molar-refractivity contribution in [2.24, 2.45) is 9.98 Å². The van der Waals surface area contributed by atoms with E-state index in [4.69, 9.17) is 20.6 Å². The fourth-order valence-corrected chi connectivity index (χ4v) is 5.12. The Morgan fingerprint density at radius 2 is 2.07 bits per heavy atom. The normalized spacial score (nSPS) is 18.2. The molecule has 1 atom stereocenters. The van der Waals surface area contributed by atoms with Gasteiger partial charge in [0.2, 0.25) is 0 Å². The van der Waals surface area contributed by atoms with Crippen molar-refractivity contribution in [3.8, 4) is 0 Å². The van der Waals surface area contributed by atoms with E-state index in [1.807, 2.05) is 13.8 Å². The lowest BCUT2D eigenvalue weighted by atomic mass is 9.95. The number of allylic oxidation sites excluding steroid dienone is 5. The van der Waals surface area contributed by atoms with Gasteiger partial charge in [-0.2, -0.15) is 5.10 Å². The van der Waals surface area contributed by atoms with Crippen LogP contribution in [-0.2, 0) is 4.74 Å². The number of rotatable bonds is 8. The van der Waals surface area contributed by atoms with Gasteiger partial charge in [0.15, 0.2) is 11.5 Å². The molecule has 1 saturated carbocycles. The highest BCUT2D eigenvalue weighted by Gasteiger charge is 2.32. The van der Waals surface area contributed by atoms with Gasteiger partial charge in [-0.25, -0.2) is 33.4 Å². The van der Waals surface area contributed by atoms with E-state index in [1.54, 1.807) is 34.0 Å². The molecule has 3 aromatic rings. The average molecular weight is 583 g/mol. The molecular formula is C32H32F2N8O. The summed E-state index contributed by atoms with van der Waals surface area (Å²) in [4.78, 5) is 19.9. The summed E-state index contributed by atoms with van der Waals surface area (Å²) >= 11 is 0. The maximum absolute atomic E-state index is 14.4. The van der Waals surface area contributed by atoms with E-state index in [9.17, 15) is 8.78 Å². The second kappa shape index (κ2) is 11.4. The Morgan fingerprint density at radius 3 is 2.81 bits per heavy atom. The number of fused-ring (bicyclic) bond motifs is 2. The number of halogens is 2. The Hall–Kier alpha value is -4.93. The van der Waals surface area contributed by atoms with Crippen molar-refractivity contribution in [3.63, 3.8) is 0 Å². The molecule has 0 unspecified atom stereocenters. The lowest BCUT2D eigenvalue weighted by Crippen LogP contribution is -2.31. The van der Waals surface area contributed by atoms with E-state index in [1.165, 1.54) is 30.7 Å². The van der Waals surface area contributed by atoms with Gasteiger partial charge >= 0.3 is 0 Å². The minimum absolute atomic E-state index is 0.248. The van der Waals surface area contributed by atoms with Crippen molar-refractivity contribution in [1.82, 2.24) is 24.6 Å². The first-order chi connectivity index (χ1) is 20.7. The summed E-state index contributed by atoms with van der Waals surface area (Å²) in [5.41, 5.74) is 10.3. The van der Waals surface area contributed by atoms with Gasteiger partial charge in [-0.3, -0.25) is 4.90 Å². The Morgan fingerprint density at radius 1 is 1.26 bits per heavy atom. The van der Waals surface area contributed by atoms with Crippen LogP contribution in [0.15, 0.2) is 88.9 Å². The van der Waals surface area contributed by atoms with Gasteiger partial charge in [-0.1, -0.05) is 25.6 Å². The van der Waals surface area contributed by atoms with Crippen LogP contribution in [-0.4, -0.2) is 42.5 Å². The first-order valence-corrected chi connectivity index (χ1v) is 14.3. The third kappa shape index (κ3) is 5.50. The molecule has 0 radical (unpaired) electrons. The lowest BCUT2D eigenvalue weighted by molar-refractivity contribution is 0.280. The number of ether oxygens (including phenoxy) is 1. The standard InChI is InChI=1S/C32H32F2N8O/c1-5-7-26(43-24-11-12-24)36-15-18(2)29-28-31(35)37-17-38-32(28)42(40-29)20(4)30-27(21-8-6-9-22(33)14-21)19(3)41-16-23(34)10-13-25(41)39-30/h6,8-10,13-17,20,24H,3,5,7,11-12H2,1-2,4H3,(H2,35,37,38)/b18-15+,36-26?/t20-/m1/s1. The van der Waals surface area contributed by atoms with E-state index < -0.39 is 17.7 Å². The molecule has 3 aliphatic rings. The molecule has 220 valence electrons. The summed E-state index contributed by atoms with van der Waals surface area (Å²) < 4.78 is 36.4. The van der Waals surface area contributed by atoms with Gasteiger partial charge in [-0.15, -0.1) is 0 Å². The van der Waals surface area contributed by atoms with Crippen LogP contribution >= 0.6 is 0 Å². The monoisotopic (exact) mass is 582 g/mol. The number of anilines is 1. The zero-order valence-corrected chi connectivity index (χ0v) is 24.3. The molecule has 0 saturated heterocycles. The lowest BCUT2D eigenvalue weighted by Gasteiger charge is -2.33. The smallest absolute Gasteiger partial charge is 0.188 e. The molecule has 0 spiro atoms. The molecule has 0 amide bonds. The summed E-state index contributed by atoms with van der Waals surface area (Å²) in [7, 11) is 0. The summed E-state index contributed by atoms with van der Waals surface area (Å²) in [6.45, 7) is 10.1. The summed E-state index contributed by atoms with van der Waals surface area (Å²) in [6, 6.07) is 5.63. The molecule has 2 N–H and O–H groups in total. The van der Waals surface area contributed by atoms with Crippen molar-refractivity contribution < 1.29 is 13.5 Å². The van der Waals surface area contributed by atoms with Gasteiger partial charge in [-0.05, 0) is 68.5 Å². The van der Waals surface area contributed by atoms with E-state index in [0.29, 0.717) is 51.0 Å². The molecule has 2 aromatic heterocycles. The molecule has 43 heavy (non-hydrogen) atoms. The Labute approximate surface area is 248 Å². The number of hydrogen-bond acceptors (Lipinski definition) is 8. The quantitative estimate of drug-likeness (QED) is 0.230. The van der Waals surface area contributed by atoms with E-state index >= 15 is 0 Å². The molecule has 1 fully saturated rings. The molecule has 11 heteroatoms. The van der Waals surface area contributed by atoms with Gasteiger partial charge < -0.3 is 10.5 Å². The Kier molecular flexibility index (Phi) is 7.47. The number of amidine groups is 1. The van der Waals surface area contributed by atoms with Crippen molar-refractivity contribution in [2.75, 3.05) is 5.73 Å². The molecule has 4 heterocycles. The SMILES string of the molecule is C=C1C(c2cccc(F)c2)=C([C@@H](C)n2nc(/C(C)=C/N=C(CCC)OC3CC3)c3c(N)ncnc32)N=C2C=CC(F)=CN12. The molecular weight excluding hydrogens is 550 g/mol. The molecule has 1 aliphatic carbocycles. The maximum atomic E-state index is 14.4. The number of hydrogen-bond donors (Lipinski definition) is 1. The number of nitrogen functional groups attached to an aromatic ring is 1. The second-order valence-corrected chi connectivity index (χ2v) is 10.7. The summed E-state index contributed by atoms with van der Waals surface area (Å²) in [5, 5.41) is 5.54. The van der Waals surface area contributed by atoms with Crippen LogP contribution in [0.1, 0.15) is 63.8 Å². The number of nitrogens with two attached hydrogens (primary N) is 1. The average Bonchev–Trinajstić information content (AvgIpc) is 3.72. The van der Waals surface area contributed by atoms with Crippen LogP contribution in [0.25, 0.3) is 22.2 Å². The van der Waals surface area contributed by atoms with Crippen LogP contribution in [0.3, 0.4) is 0 Å². The Balaban J connectivity index is 1.49. The number of benzene rings is 1. The van der Waals surface area contributed by atoms with Crippen LogP contribution in [0.5, 0.6) is 0 Å². The molecule has 0 bridgehead atoms. The predicted octanol–water partition coefficient (Wildman–Crippen LogP) is 6.87. The van der Waals surface area contributed by atoms with Crippen molar-refractivity contribution in [2.45, 2.75) is 58.6 Å². The maximum Gasteiger partial charge on any atom is 0.188 e. The number of aromatic nitrogens is 4. The third-order valence-electron chi connectivity index (χ3n) is 7.42. The van der Waals surface area contributed by atoms with Crippen molar-refractivity contribution >= 4 is 39.7 Å². The van der Waals surface area contributed by atoms with Gasteiger partial charge in [0.05, 0.1) is 17.1 Å². The third-order valence-corrected chi connectivity index (χ3v) is 7.42.